The van der Waals surface area contributed by atoms with Gasteiger partial charge in [-0.15, -0.1) is 0 Å². The van der Waals surface area contributed by atoms with E-state index in [2.05, 4.69) is 32.0 Å². The Labute approximate surface area is 127 Å². The van der Waals surface area contributed by atoms with Crippen molar-refractivity contribution in [2.45, 2.75) is 39.0 Å². The number of ether oxygens (including phenoxy) is 1. The molecule has 0 spiro atoms. The first kappa shape index (κ1) is 15.4. The van der Waals surface area contributed by atoms with Gasteiger partial charge in [-0.3, -0.25) is 0 Å². The van der Waals surface area contributed by atoms with E-state index in [-0.39, 0.29) is 0 Å². The molecule has 0 bridgehead atoms. The van der Waals surface area contributed by atoms with Crippen molar-refractivity contribution in [1.29, 1.82) is 0 Å². The second-order valence-corrected chi connectivity index (χ2v) is 5.60. The molecule has 1 atom stereocenters. The van der Waals surface area contributed by atoms with E-state index in [9.17, 15) is 5.11 Å². The molecule has 0 fully saturated rings. The van der Waals surface area contributed by atoms with E-state index in [0.717, 1.165) is 25.0 Å². The van der Waals surface area contributed by atoms with Gasteiger partial charge < -0.3 is 9.84 Å². The summed E-state index contributed by atoms with van der Waals surface area (Å²) in [7, 11) is 1.73. The smallest absolute Gasteiger partial charge is 0.122 e. The van der Waals surface area contributed by atoms with Crippen molar-refractivity contribution in [3.63, 3.8) is 0 Å². The van der Waals surface area contributed by atoms with E-state index in [1.54, 1.807) is 19.2 Å². The summed E-state index contributed by atoms with van der Waals surface area (Å²) in [6.45, 7) is 4.42. The Morgan fingerprint density at radius 1 is 1.05 bits per heavy atom. The summed E-state index contributed by atoms with van der Waals surface area (Å²) >= 11 is 0. The Morgan fingerprint density at radius 3 is 2.33 bits per heavy atom. The van der Waals surface area contributed by atoms with E-state index < -0.39 is 0 Å². The van der Waals surface area contributed by atoms with Crippen molar-refractivity contribution >= 4 is 0 Å². The Bertz CT molecular complexity index is 573. The molecule has 2 rings (SSSR count). The van der Waals surface area contributed by atoms with E-state index >= 15 is 0 Å². The van der Waals surface area contributed by atoms with Crippen LogP contribution < -0.4 is 4.74 Å². The number of aryl methyl sites for hydroxylation is 1. The van der Waals surface area contributed by atoms with E-state index in [1.165, 1.54) is 16.7 Å². The van der Waals surface area contributed by atoms with Crippen LogP contribution in [0.15, 0.2) is 42.5 Å². The molecule has 0 aliphatic heterocycles. The van der Waals surface area contributed by atoms with Gasteiger partial charge in [-0.1, -0.05) is 44.5 Å². The zero-order valence-electron chi connectivity index (χ0n) is 13.1. The molecule has 1 N–H and O–H groups in total. The molecule has 2 aromatic carbocycles. The third-order valence-corrected chi connectivity index (χ3v) is 3.84. The molecule has 0 heterocycles. The molecule has 0 radical (unpaired) electrons. The fourth-order valence-electron chi connectivity index (χ4n) is 2.71. The first-order valence-corrected chi connectivity index (χ1v) is 7.58. The number of aromatic hydroxyl groups is 1. The zero-order valence-corrected chi connectivity index (χ0v) is 13.1. The molecular formula is C19H24O2. The molecular weight excluding hydrogens is 260 g/mol. The molecule has 0 aliphatic rings. The van der Waals surface area contributed by atoms with Crippen LogP contribution in [0.2, 0.25) is 0 Å². The lowest BCUT2D eigenvalue weighted by Crippen LogP contribution is -2.02. The maximum Gasteiger partial charge on any atom is 0.122 e. The molecule has 2 aromatic rings. The van der Waals surface area contributed by atoms with Crippen molar-refractivity contribution in [2.75, 3.05) is 7.11 Å². The highest BCUT2D eigenvalue weighted by Gasteiger charge is 2.13. The van der Waals surface area contributed by atoms with Crippen molar-refractivity contribution in [2.24, 2.45) is 0 Å². The van der Waals surface area contributed by atoms with Crippen molar-refractivity contribution in [3.8, 4) is 11.5 Å². The number of hydrogen-bond donors (Lipinski definition) is 1. The summed E-state index contributed by atoms with van der Waals surface area (Å²) in [6.07, 6.45) is 3.19. The predicted molar refractivity (Wildman–Crippen MR) is 87.2 cm³/mol. The number of methoxy groups -OCH3 is 1. The van der Waals surface area contributed by atoms with Gasteiger partial charge in [0.1, 0.15) is 11.5 Å². The highest BCUT2D eigenvalue weighted by atomic mass is 16.5. The van der Waals surface area contributed by atoms with Gasteiger partial charge in [-0.2, -0.15) is 0 Å². The van der Waals surface area contributed by atoms with E-state index in [0.29, 0.717) is 11.7 Å². The van der Waals surface area contributed by atoms with Gasteiger partial charge >= 0.3 is 0 Å². The van der Waals surface area contributed by atoms with Gasteiger partial charge in [0.05, 0.1) is 7.11 Å². The van der Waals surface area contributed by atoms with Crippen LogP contribution >= 0.6 is 0 Å². The maximum absolute atomic E-state index is 9.37. The second kappa shape index (κ2) is 7.16. The molecule has 2 heteroatoms. The first-order valence-electron chi connectivity index (χ1n) is 7.58. The van der Waals surface area contributed by atoms with Gasteiger partial charge in [0.25, 0.3) is 0 Å². The van der Waals surface area contributed by atoms with Gasteiger partial charge in [-0.25, -0.2) is 0 Å². The highest BCUT2D eigenvalue weighted by molar-refractivity contribution is 5.40. The van der Waals surface area contributed by atoms with Crippen molar-refractivity contribution in [1.82, 2.24) is 0 Å². The summed E-state index contributed by atoms with van der Waals surface area (Å²) < 4.78 is 5.52. The minimum atomic E-state index is 0.314. The Balaban J connectivity index is 2.21. The monoisotopic (exact) mass is 284 g/mol. The van der Waals surface area contributed by atoms with Crippen LogP contribution in [0, 0.1) is 0 Å². The quantitative estimate of drug-likeness (QED) is 0.833. The number of rotatable bonds is 6. The molecule has 2 nitrogen and oxygen atoms in total. The van der Waals surface area contributed by atoms with Gasteiger partial charge in [0.2, 0.25) is 0 Å². The summed E-state index contributed by atoms with van der Waals surface area (Å²) in [5, 5.41) is 9.37. The van der Waals surface area contributed by atoms with Gasteiger partial charge in [-0.05, 0) is 53.6 Å². The molecule has 0 saturated carbocycles. The van der Waals surface area contributed by atoms with Crippen LogP contribution in [0.5, 0.6) is 11.5 Å². The molecule has 0 aliphatic carbocycles. The number of hydrogen-bond acceptors (Lipinski definition) is 2. The SMILES string of the molecule is CCCc1ccc(OC)c(C(C)Cc2ccc(O)cc2)c1. The minimum absolute atomic E-state index is 0.314. The van der Waals surface area contributed by atoms with Crippen molar-refractivity contribution < 1.29 is 9.84 Å². The number of phenols is 1. The lowest BCUT2D eigenvalue weighted by Gasteiger charge is -2.17. The highest BCUT2D eigenvalue weighted by Crippen LogP contribution is 2.30. The fourth-order valence-corrected chi connectivity index (χ4v) is 2.71. The summed E-state index contributed by atoms with van der Waals surface area (Å²) in [5.41, 5.74) is 3.85. The molecule has 0 saturated heterocycles. The Hall–Kier alpha value is -1.96. The number of phenolic OH excluding ortho intramolecular Hbond substituents is 1. The lowest BCUT2D eigenvalue weighted by atomic mass is 9.91. The van der Waals surface area contributed by atoms with E-state index in [1.807, 2.05) is 12.1 Å². The standard InChI is InChI=1S/C19H24O2/c1-4-5-15-8-11-19(21-3)18(13-15)14(2)12-16-6-9-17(20)10-7-16/h6-11,13-14,20H,4-5,12H2,1-3H3. The van der Waals surface area contributed by atoms with Gasteiger partial charge in [0.15, 0.2) is 0 Å². The van der Waals surface area contributed by atoms with E-state index in [4.69, 9.17) is 4.74 Å². The zero-order chi connectivity index (χ0) is 15.2. The minimum Gasteiger partial charge on any atom is -0.508 e. The topological polar surface area (TPSA) is 29.5 Å². The predicted octanol–water partition coefficient (Wildman–Crippen LogP) is 4.70. The van der Waals surface area contributed by atoms with Crippen LogP contribution in [-0.2, 0) is 12.8 Å². The molecule has 0 aromatic heterocycles. The molecule has 21 heavy (non-hydrogen) atoms. The normalized spacial score (nSPS) is 12.1. The average molecular weight is 284 g/mol. The average Bonchev–Trinajstić information content (AvgIpc) is 2.50. The third-order valence-electron chi connectivity index (χ3n) is 3.84. The number of benzene rings is 2. The summed E-state index contributed by atoms with van der Waals surface area (Å²) in [6, 6.07) is 13.9. The van der Waals surface area contributed by atoms with Crippen LogP contribution in [0.1, 0.15) is 42.9 Å². The lowest BCUT2D eigenvalue weighted by molar-refractivity contribution is 0.406. The summed E-state index contributed by atoms with van der Waals surface area (Å²) in [4.78, 5) is 0. The van der Waals surface area contributed by atoms with Crippen molar-refractivity contribution in [3.05, 3.63) is 59.2 Å². The fraction of sp³-hybridized carbons (Fsp3) is 0.368. The third kappa shape index (κ3) is 4.01. The molecule has 112 valence electrons. The van der Waals surface area contributed by atoms with Crippen LogP contribution in [0.4, 0.5) is 0 Å². The largest absolute Gasteiger partial charge is 0.508 e. The Kier molecular flexibility index (Phi) is 5.26. The van der Waals surface area contributed by atoms with Crippen LogP contribution in [0.3, 0.4) is 0 Å². The first-order chi connectivity index (χ1) is 10.1. The van der Waals surface area contributed by atoms with Gasteiger partial charge in [0, 0.05) is 0 Å². The van der Waals surface area contributed by atoms with Crippen LogP contribution in [0.25, 0.3) is 0 Å². The summed E-state index contributed by atoms with van der Waals surface area (Å²) in [5.74, 6) is 1.65. The molecule has 1 unspecified atom stereocenters. The molecule has 0 amide bonds. The Morgan fingerprint density at radius 2 is 1.71 bits per heavy atom. The van der Waals surface area contributed by atoms with Crippen LogP contribution in [-0.4, -0.2) is 12.2 Å². The second-order valence-electron chi connectivity index (χ2n) is 5.60. The maximum atomic E-state index is 9.37.